The first-order valence-corrected chi connectivity index (χ1v) is 8.98. The standard InChI is InChI=1S/C19H28N2/c1-2-7-18-15(5-1)6-3-4-13-21(18)14-12-20-19(16-8-9-16)17-10-11-17/h1-2,5,7,16-17,19-20H,3-4,6,8-14H2. The van der Waals surface area contributed by atoms with Gasteiger partial charge < -0.3 is 10.2 Å². The van der Waals surface area contributed by atoms with Gasteiger partial charge in [-0.3, -0.25) is 0 Å². The van der Waals surface area contributed by atoms with E-state index in [1.807, 2.05) is 0 Å². The summed E-state index contributed by atoms with van der Waals surface area (Å²) in [7, 11) is 0. The first-order chi connectivity index (χ1) is 10.4. The number of nitrogens with one attached hydrogen (secondary N) is 1. The third-order valence-corrected chi connectivity index (χ3v) is 5.48. The molecule has 0 amide bonds. The first kappa shape index (κ1) is 13.6. The number of rotatable bonds is 6. The minimum atomic E-state index is 0.840. The smallest absolute Gasteiger partial charge is 0.0399 e. The Kier molecular flexibility index (Phi) is 3.89. The van der Waals surface area contributed by atoms with Crippen LogP contribution in [0.3, 0.4) is 0 Å². The summed E-state index contributed by atoms with van der Waals surface area (Å²) in [5, 5.41) is 3.90. The molecular formula is C19H28N2. The van der Waals surface area contributed by atoms with Gasteiger partial charge in [0, 0.05) is 31.4 Å². The van der Waals surface area contributed by atoms with Crippen molar-refractivity contribution >= 4 is 5.69 Å². The fourth-order valence-electron chi connectivity index (χ4n) is 4.00. The van der Waals surface area contributed by atoms with Gasteiger partial charge >= 0.3 is 0 Å². The maximum Gasteiger partial charge on any atom is 0.0399 e. The topological polar surface area (TPSA) is 15.3 Å². The molecule has 0 spiro atoms. The zero-order valence-corrected chi connectivity index (χ0v) is 13.1. The Bertz CT molecular complexity index is 464. The first-order valence-electron chi connectivity index (χ1n) is 8.98. The predicted molar refractivity (Wildman–Crippen MR) is 88.8 cm³/mol. The van der Waals surface area contributed by atoms with Crippen molar-refractivity contribution < 1.29 is 0 Å². The Balaban J connectivity index is 1.35. The van der Waals surface area contributed by atoms with E-state index in [0.717, 1.165) is 24.4 Å². The third kappa shape index (κ3) is 3.26. The highest BCUT2D eigenvalue weighted by molar-refractivity contribution is 5.54. The van der Waals surface area contributed by atoms with Crippen LogP contribution in [-0.4, -0.2) is 25.7 Å². The van der Waals surface area contributed by atoms with Gasteiger partial charge in [-0.05, 0) is 68.4 Å². The van der Waals surface area contributed by atoms with Crippen LogP contribution in [0.4, 0.5) is 5.69 Å². The minimum Gasteiger partial charge on any atom is -0.370 e. The largest absolute Gasteiger partial charge is 0.370 e. The second-order valence-electron chi connectivity index (χ2n) is 7.23. The highest BCUT2D eigenvalue weighted by atomic mass is 15.1. The van der Waals surface area contributed by atoms with Crippen LogP contribution in [0, 0.1) is 11.8 Å². The van der Waals surface area contributed by atoms with E-state index in [-0.39, 0.29) is 0 Å². The van der Waals surface area contributed by atoms with E-state index in [1.54, 1.807) is 5.56 Å². The quantitative estimate of drug-likeness (QED) is 0.858. The van der Waals surface area contributed by atoms with Crippen LogP contribution in [0.1, 0.15) is 44.1 Å². The number of anilines is 1. The van der Waals surface area contributed by atoms with Crippen molar-refractivity contribution in [2.75, 3.05) is 24.5 Å². The molecule has 2 heteroatoms. The molecule has 0 bridgehead atoms. The molecule has 0 aromatic heterocycles. The number of hydrogen-bond acceptors (Lipinski definition) is 2. The molecule has 3 aliphatic rings. The summed E-state index contributed by atoms with van der Waals surface area (Å²) in [6.45, 7) is 3.56. The highest BCUT2D eigenvalue weighted by Gasteiger charge is 2.40. The fourth-order valence-corrected chi connectivity index (χ4v) is 4.00. The maximum atomic E-state index is 3.90. The van der Waals surface area contributed by atoms with Gasteiger partial charge in [0.25, 0.3) is 0 Å². The molecule has 2 aliphatic carbocycles. The maximum absolute atomic E-state index is 3.90. The van der Waals surface area contributed by atoms with Gasteiger partial charge in [-0.25, -0.2) is 0 Å². The number of para-hydroxylation sites is 1. The summed E-state index contributed by atoms with van der Waals surface area (Å²) in [5.74, 6) is 2.02. The van der Waals surface area contributed by atoms with Crippen molar-refractivity contribution in [2.45, 2.75) is 51.0 Å². The van der Waals surface area contributed by atoms with Crippen molar-refractivity contribution in [1.82, 2.24) is 5.32 Å². The van der Waals surface area contributed by atoms with Gasteiger partial charge in [0.15, 0.2) is 0 Å². The van der Waals surface area contributed by atoms with Crippen LogP contribution in [0.15, 0.2) is 24.3 Å². The monoisotopic (exact) mass is 284 g/mol. The number of fused-ring (bicyclic) bond motifs is 1. The molecule has 1 N–H and O–H groups in total. The number of hydrogen-bond donors (Lipinski definition) is 1. The average molecular weight is 284 g/mol. The van der Waals surface area contributed by atoms with Gasteiger partial charge in [-0.2, -0.15) is 0 Å². The lowest BCUT2D eigenvalue weighted by atomic mass is 10.1. The third-order valence-electron chi connectivity index (χ3n) is 5.48. The molecule has 0 unspecified atom stereocenters. The summed E-state index contributed by atoms with van der Waals surface area (Å²) >= 11 is 0. The molecule has 0 atom stereocenters. The fraction of sp³-hybridized carbons (Fsp3) is 0.684. The van der Waals surface area contributed by atoms with Gasteiger partial charge in [0.05, 0.1) is 0 Å². The van der Waals surface area contributed by atoms with Gasteiger partial charge in [0.2, 0.25) is 0 Å². The van der Waals surface area contributed by atoms with Crippen molar-refractivity contribution in [3.8, 4) is 0 Å². The van der Waals surface area contributed by atoms with Crippen LogP contribution < -0.4 is 10.2 Å². The molecule has 1 aromatic rings. The van der Waals surface area contributed by atoms with E-state index in [4.69, 9.17) is 0 Å². The molecule has 1 aromatic carbocycles. The van der Waals surface area contributed by atoms with Gasteiger partial charge in [-0.1, -0.05) is 18.2 Å². The lowest BCUT2D eigenvalue weighted by Crippen LogP contribution is -2.39. The Morgan fingerprint density at radius 2 is 1.81 bits per heavy atom. The summed E-state index contributed by atoms with van der Waals surface area (Å²) in [6.07, 6.45) is 9.83. The summed E-state index contributed by atoms with van der Waals surface area (Å²) in [5.41, 5.74) is 3.04. The SMILES string of the molecule is c1ccc2c(c1)CCCCN2CCNC(C1CC1)C1CC1. The van der Waals surface area contributed by atoms with Crippen molar-refractivity contribution in [2.24, 2.45) is 11.8 Å². The molecule has 2 fully saturated rings. The molecule has 0 radical (unpaired) electrons. The Labute approximate surface area is 128 Å². The number of aryl methyl sites for hydroxylation is 1. The summed E-state index contributed by atoms with van der Waals surface area (Å²) in [6, 6.07) is 9.86. The van der Waals surface area contributed by atoms with E-state index in [2.05, 4.69) is 34.5 Å². The molecule has 2 nitrogen and oxygen atoms in total. The zero-order valence-electron chi connectivity index (χ0n) is 13.1. The van der Waals surface area contributed by atoms with Crippen molar-refractivity contribution in [1.29, 1.82) is 0 Å². The highest BCUT2D eigenvalue weighted by Crippen LogP contribution is 2.44. The average Bonchev–Trinajstić information content (AvgIpc) is 3.39. The Morgan fingerprint density at radius 3 is 2.57 bits per heavy atom. The predicted octanol–water partition coefficient (Wildman–Crippen LogP) is 3.61. The number of nitrogens with zero attached hydrogens (tertiary/aromatic N) is 1. The lowest BCUT2D eigenvalue weighted by molar-refractivity contribution is 0.419. The summed E-state index contributed by atoms with van der Waals surface area (Å²) < 4.78 is 0. The van der Waals surface area contributed by atoms with Gasteiger partial charge in [0.1, 0.15) is 0 Å². The lowest BCUT2D eigenvalue weighted by Gasteiger charge is -2.27. The molecule has 4 rings (SSSR count). The zero-order chi connectivity index (χ0) is 14.1. The van der Waals surface area contributed by atoms with E-state index in [0.29, 0.717) is 0 Å². The molecule has 2 saturated carbocycles. The molecule has 0 saturated heterocycles. The molecule has 1 aliphatic heterocycles. The van der Waals surface area contributed by atoms with E-state index < -0.39 is 0 Å². The van der Waals surface area contributed by atoms with E-state index >= 15 is 0 Å². The number of benzene rings is 1. The molecule has 1 heterocycles. The van der Waals surface area contributed by atoms with Gasteiger partial charge in [-0.15, -0.1) is 0 Å². The van der Waals surface area contributed by atoms with Crippen LogP contribution >= 0.6 is 0 Å². The minimum absolute atomic E-state index is 0.840. The second-order valence-corrected chi connectivity index (χ2v) is 7.23. The van der Waals surface area contributed by atoms with Crippen LogP contribution in [-0.2, 0) is 6.42 Å². The van der Waals surface area contributed by atoms with Crippen molar-refractivity contribution in [3.63, 3.8) is 0 Å². The molecule has 114 valence electrons. The normalized spacial score (nSPS) is 22.2. The van der Waals surface area contributed by atoms with Crippen LogP contribution in [0.2, 0.25) is 0 Å². The van der Waals surface area contributed by atoms with E-state index in [1.165, 1.54) is 63.7 Å². The van der Waals surface area contributed by atoms with Crippen LogP contribution in [0.25, 0.3) is 0 Å². The second kappa shape index (κ2) is 6.00. The summed E-state index contributed by atoms with van der Waals surface area (Å²) in [4.78, 5) is 2.62. The molecular weight excluding hydrogens is 256 g/mol. The van der Waals surface area contributed by atoms with E-state index in [9.17, 15) is 0 Å². The molecule has 21 heavy (non-hydrogen) atoms. The Morgan fingerprint density at radius 1 is 1.05 bits per heavy atom. The van der Waals surface area contributed by atoms with Crippen LogP contribution in [0.5, 0.6) is 0 Å². The van der Waals surface area contributed by atoms with Crippen molar-refractivity contribution in [3.05, 3.63) is 29.8 Å². The Hall–Kier alpha value is -1.02.